The summed E-state index contributed by atoms with van der Waals surface area (Å²) in [5.41, 5.74) is 6.19. The molecule has 1 saturated heterocycles. The average Bonchev–Trinajstić information content (AvgIpc) is 2.03. The molecule has 0 radical (unpaired) electrons. The maximum Gasteiger partial charge on any atom is 0.0190 e. The van der Waals surface area contributed by atoms with Gasteiger partial charge in [0.25, 0.3) is 0 Å². The number of piperidine rings is 1. The van der Waals surface area contributed by atoms with Crippen molar-refractivity contribution in [3.05, 3.63) is 0 Å². The minimum Gasteiger partial charge on any atom is -0.329 e. The van der Waals surface area contributed by atoms with E-state index in [0.29, 0.717) is 11.5 Å². The Morgan fingerprint density at radius 1 is 1.33 bits per heavy atom. The van der Waals surface area contributed by atoms with Gasteiger partial charge in [-0.25, -0.2) is 0 Å². The summed E-state index contributed by atoms with van der Waals surface area (Å²) in [6.07, 6.45) is 2.63. The summed E-state index contributed by atoms with van der Waals surface area (Å²) in [4.78, 5) is 2.51. The number of nitrogens with two attached hydrogens (primary N) is 1. The molecule has 12 heavy (non-hydrogen) atoms. The maximum atomic E-state index is 5.63. The third-order valence-corrected chi connectivity index (χ3v) is 3.12. The molecule has 1 atom stereocenters. The molecule has 1 aliphatic rings. The molecule has 2 N–H and O–H groups in total. The van der Waals surface area contributed by atoms with Crippen molar-refractivity contribution in [1.29, 1.82) is 0 Å². The summed E-state index contributed by atoms with van der Waals surface area (Å²) < 4.78 is 0. The standard InChI is InChI=1S/C10H22N2/c1-9(8-11)12-6-4-10(2,3)5-7-12/h9H,4-8,11H2,1-3H3. The predicted molar refractivity (Wildman–Crippen MR) is 53.1 cm³/mol. The summed E-state index contributed by atoms with van der Waals surface area (Å²) in [6.45, 7) is 10.2. The molecule has 1 aliphatic heterocycles. The molecular weight excluding hydrogens is 148 g/mol. The van der Waals surface area contributed by atoms with Gasteiger partial charge in [0.15, 0.2) is 0 Å². The molecular formula is C10H22N2. The largest absolute Gasteiger partial charge is 0.329 e. The van der Waals surface area contributed by atoms with Crippen molar-refractivity contribution in [3.63, 3.8) is 0 Å². The minimum absolute atomic E-state index is 0.560. The van der Waals surface area contributed by atoms with Crippen LogP contribution < -0.4 is 5.73 Å². The Morgan fingerprint density at radius 2 is 1.83 bits per heavy atom. The highest BCUT2D eigenvalue weighted by Crippen LogP contribution is 2.30. The number of nitrogens with zero attached hydrogens (tertiary/aromatic N) is 1. The Morgan fingerprint density at radius 3 is 2.25 bits per heavy atom. The fourth-order valence-corrected chi connectivity index (χ4v) is 1.72. The zero-order valence-corrected chi connectivity index (χ0v) is 8.64. The van der Waals surface area contributed by atoms with Gasteiger partial charge in [-0.15, -0.1) is 0 Å². The van der Waals surface area contributed by atoms with Crippen LogP contribution >= 0.6 is 0 Å². The van der Waals surface area contributed by atoms with Crippen LogP contribution in [0.2, 0.25) is 0 Å². The predicted octanol–water partition coefficient (Wildman–Crippen LogP) is 1.46. The zero-order chi connectivity index (χ0) is 9.19. The molecule has 72 valence electrons. The molecule has 0 aromatic heterocycles. The van der Waals surface area contributed by atoms with Crippen LogP contribution in [0.3, 0.4) is 0 Å². The van der Waals surface area contributed by atoms with Crippen LogP contribution in [0.1, 0.15) is 33.6 Å². The van der Waals surface area contributed by atoms with Crippen LogP contribution in [0.5, 0.6) is 0 Å². The average molecular weight is 170 g/mol. The Balaban J connectivity index is 2.36. The van der Waals surface area contributed by atoms with E-state index in [4.69, 9.17) is 5.73 Å². The molecule has 1 rings (SSSR count). The van der Waals surface area contributed by atoms with Gasteiger partial charge in [0.1, 0.15) is 0 Å². The normalized spacial score (nSPS) is 27.0. The summed E-state index contributed by atoms with van der Waals surface area (Å²) in [6, 6.07) is 0.570. The van der Waals surface area contributed by atoms with Crippen molar-refractivity contribution >= 4 is 0 Å². The molecule has 0 aromatic rings. The van der Waals surface area contributed by atoms with Crippen LogP contribution in [0.15, 0.2) is 0 Å². The molecule has 2 heteroatoms. The fourth-order valence-electron chi connectivity index (χ4n) is 1.72. The van der Waals surface area contributed by atoms with Gasteiger partial charge < -0.3 is 5.73 Å². The third-order valence-electron chi connectivity index (χ3n) is 3.12. The van der Waals surface area contributed by atoms with E-state index in [0.717, 1.165) is 6.54 Å². The van der Waals surface area contributed by atoms with Gasteiger partial charge in [-0.3, -0.25) is 4.90 Å². The van der Waals surface area contributed by atoms with E-state index in [9.17, 15) is 0 Å². The van der Waals surface area contributed by atoms with Crippen LogP contribution in [-0.2, 0) is 0 Å². The summed E-state index contributed by atoms with van der Waals surface area (Å²) in [5, 5.41) is 0. The van der Waals surface area contributed by atoms with Gasteiger partial charge >= 0.3 is 0 Å². The quantitative estimate of drug-likeness (QED) is 0.680. The summed E-state index contributed by atoms with van der Waals surface area (Å²) in [5.74, 6) is 0. The van der Waals surface area contributed by atoms with E-state index < -0.39 is 0 Å². The second-order valence-electron chi connectivity index (χ2n) is 4.78. The van der Waals surface area contributed by atoms with Crippen LogP contribution in [0, 0.1) is 5.41 Å². The molecule has 0 amide bonds. The second kappa shape index (κ2) is 3.75. The van der Waals surface area contributed by atoms with Crippen LogP contribution in [0.4, 0.5) is 0 Å². The lowest BCUT2D eigenvalue weighted by molar-refractivity contribution is 0.103. The summed E-state index contributed by atoms with van der Waals surface area (Å²) >= 11 is 0. The molecule has 0 aliphatic carbocycles. The maximum absolute atomic E-state index is 5.63. The SMILES string of the molecule is CC(CN)N1CCC(C)(C)CC1. The zero-order valence-electron chi connectivity index (χ0n) is 8.64. The van der Waals surface area contributed by atoms with E-state index in [-0.39, 0.29) is 0 Å². The Bertz CT molecular complexity index is 133. The highest BCUT2D eigenvalue weighted by atomic mass is 15.2. The van der Waals surface area contributed by atoms with Crippen LogP contribution in [0.25, 0.3) is 0 Å². The van der Waals surface area contributed by atoms with Gasteiger partial charge in [0.2, 0.25) is 0 Å². The molecule has 0 spiro atoms. The molecule has 0 saturated carbocycles. The topological polar surface area (TPSA) is 29.3 Å². The van der Waals surface area contributed by atoms with E-state index in [1.54, 1.807) is 0 Å². The number of hydrogen-bond donors (Lipinski definition) is 1. The lowest BCUT2D eigenvalue weighted by Gasteiger charge is -2.39. The fraction of sp³-hybridized carbons (Fsp3) is 1.00. The minimum atomic E-state index is 0.560. The highest BCUT2D eigenvalue weighted by molar-refractivity contribution is 4.81. The number of hydrogen-bond acceptors (Lipinski definition) is 2. The number of rotatable bonds is 2. The van der Waals surface area contributed by atoms with Crippen molar-refractivity contribution in [3.8, 4) is 0 Å². The van der Waals surface area contributed by atoms with E-state index in [2.05, 4.69) is 25.7 Å². The van der Waals surface area contributed by atoms with Crippen molar-refractivity contribution in [2.75, 3.05) is 19.6 Å². The van der Waals surface area contributed by atoms with Crippen molar-refractivity contribution in [1.82, 2.24) is 4.90 Å². The first-order chi connectivity index (χ1) is 5.55. The number of likely N-dealkylation sites (tertiary alicyclic amines) is 1. The first-order valence-corrected chi connectivity index (χ1v) is 4.99. The van der Waals surface area contributed by atoms with Gasteiger partial charge in [0.05, 0.1) is 0 Å². The second-order valence-corrected chi connectivity index (χ2v) is 4.78. The van der Waals surface area contributed by atoms with E-state index in [1.807, 2.05) is 0 Å². The van der Waals surface area contributed by atoms with E-state index >= 15 is 0 Å². The Kier molecular flexibility index (Phi) is 3.13. The van der Waals surface area contributed by atoms with Crippen molar-refractivity contribution < 1.29 is 0 Å². The molecule has 0 bridgehead atoms. The van der Waals surface area contributed by atoms with E-state index in [1.165, 1.54) is 25.9 Å². The highest BCUT2D eigenvalue weighted by Gasteiger charge is 2.26. The van der Waals surface area contributed by atoms with Crippen molar-refractivity contribution in [2.24, 2.45) is 11.1 Å². The van der Waals surface area contributed by atoms with Gasteiger partial charge in [0, 0.05) is 12.6 Å². The first-order valence-electron chi connectivity index (χ1n) is 4.99. The lowest BCUT2D eigenvalue weighted by Crippen LogP contribution is -2.45. The Labute approximate surface area is 76.1 Å². The van der Waals surface area contributed by atoms with Crippen LogP contribution in [-0.4, -0.2) is 30.6 Å². The first kappa shape index (κ1) is 10.0. The third kappa shape index (κ3) is 2.46. The summed E-state index contributed by atoms with van der Waals surface area (Å²) in [7, 11) is 0. The lowest BCUT2D eigenvalue weighted by atomic mass is 9.82. The molecule has 2 nitrogen and oxygen atoms in total. The van der Waals surface area contributed by atoms with Gasteiger partial charge in [-0.05, 0) is 38.3 Å². The van der Waals surface area contributed by atoms with Gasteiger partial charge in [-0.2, -0.15) is 0 Å². The monoisotopic (exact) mass is 170 g/mol. The molecule has 1 unspecified atom stereocenters. The molecule has 0 aromatic carbocycles. The Hall–Kier alpha value is -0.0800. The molecule has 1 heterocycles. The molecule has 1 fully saturated rings. The smallest absolute Gasteiger partial charge is 0.0190 e. The van der Waals surface area contributed by atoms with Crippen molar-refractivity contribution in [2.45, 2.75) is 39.7 Å². The van der Waals surface area contributed by atoms with Gasteiger partial charge in [-0.1, -0.05) is 13.8 Å².